The summed E-state index contributed by atoms with van der Waals surface area (Å²) in [6.45, 7) is 2.82. The van der Waals surface area contributed by atoms with Crippen LogP contribution in [0.3, 0.4) is 0 Å². The SMILES string of the molecule is CN(CC1CCCOC1)c1ccnc(N)c1. The van der Waals surface area contributed by atoms with E-state index < -0.39 is 0 Å². The fourth-order valence-corrected chi connectivity index (χ4v) is 2.12. The van der Waals surface area contributed by atoms with Crippen LogP contribution in [0.4, 0.5) is 11.5 Å². The van der Waals surface area contributed by atoms with Crippen LogP contribution in [0.1, 0.15) is 12.8 Å². The summed E-state index contributed by atoms with van der Waals surface area (Å²) in [6.07, 6.45) is 4.18. The summed E-state index contributed by atoms with van der Waals surface area (Å²) in [5, 5.41) is 0. The maximum atomic E-state index is 5.67. The van der Waals surface area contributed by atoms with Crippen LogP contribution in [0.25, 0.3) is 0 Å². The van der Waals surface area contributed by atoms with Crippen LogP contribution in [0, 0.1) is 5.92 Å². The lowest BCUT2D eigenvalue weighted by Gasteiger charge is -2.28. The Morgan fingerprint density at radius 3 is 3.19 bits per heavy atom. The highest BCUT2D eigenvalue weighted by Crippen LogP contribution is 2.19. The van der Waals surface area contributed by atoms with Crippen LogP contribution in [-0.4, -0.2) is 31.8 Å². The number of anilines is 2. The van der Waals surface area contributed by atoms with Gasteiger partial charge in [-0.25, -0.2) is 4.98 Å². The average Bonchev–Trinajstić information content (AvgIpc) is 2.30. The standard InChI is InChI=1S/C12H19N3O/c1-15(8-10-3-2-6-16-9-10)11-4-5-14-12(13)7-11/h4-5,7,10H,2-3,6,8-9H2,1H3,(H2,13,14). The predicted octanol–water partition coefficient (Wildman–Crippen LogP) is 1.53. The van der Waals surface area contributed by atoms with Gasteiger partial charge in [-0.1, -0.05) is 0 Å². The van der Waals surface area contributed by atoms with E-state index in [9.17, 15) is 0 Å². The van der Waals surface area contributed by atoms with Crippen LogP contribution in [-0.2, 0) is 4.74 Å². The Morgan fingerprint density at radius 2 is 2.50 bits per heavy atom. The maximum absolute atomic E-state index is 5.67. The Kier molecular flexibility index (Phi) is 3.62. The predicted molar refractivity (Wildman–Crippen MR) is 65.5 cm³/mol. The van der Waals surface area contributed by atoms with Crippen LogP contribution in [0.2, 0.25) is 0 Å². The van der Waals surface area contributed by atoms with Gasteiger partial charge in [-0.3, -0.25) is 0 Å². The maximum Gasteiger partial charge on any atom is 0.125 e. The van der Waals surface area contributed by atoms with Crippen LogP contribution < -0.4 is 10.6 Å². The minimum absolute atomic E-state index is 0.573. The summed E-state index contributed by atoms with van der Waals surface area (Å²) in [4.78, 5) is 6.22. The molecule has 1 unspecified atom stereocenters. The van der Waals surface area contributed by atoms with Gasteiger partial charge in [0, 0.05) is 38.1 Å². The number of pyridine rings is 1. The molecule has 0 radical (unpaired) electrons. The minimum atomic E-state index is 0.573. The summed E-state index contributed by atoms with van der Waals surface area (Å²) in [5.41, 5.74) is 6.79. The topological polar surface area (TPSA) is 51.4 Å². The van der Waals surface area contributed by atoms with Crippen molar-refractivity contribution in [3.05, 3.63) is 18.3 Å². The van der Waals surface area contributed by atoms with E-state index >= 15 is 0 Å². The number of nitrogen functional groups attached to an aromatic ring is 1. The van der Waals surface area contributed by atoms with Crippen molar-refractivity contribution in [1.29, 1.82) is 0 Å². The molecule has 1 aliphatic heterocycles. The highest BCUT2D eigenvalue weighted by Gasteiger charge is 2.16. The van der Waals surface area contributed by atoms with Gasteiger partial charge in [0.05, 0.1) is 6.61 Å². The van der Waals surface area contributed by atoms with Gasteiger partial charge in [0.15, 0.2) is 0 Å². The molecule has 0 amide bonds. The molecule has 1 aromatic heterocycles. The number of rotatable bonds is 3. The summed E-state index contributed by atoms with van der Waals surface area (Å²) in [7, 11) is 2.09. The first-order chi connectivity index (χ1) is 7.75. The molecule has 2 N–H and O–H groups in total. The number of nitrogens with two attached hydrogens (primary N) is 1. The first kappa shape index (κ1) is 11.2. The summed E-state index contributed by atoms with van der Waals surface area (Å²) >= 11 is 0. The Morgan fingerprint density at radius 1 is 1.62 bits per heavy atom. The van der Waals surface area contributed by atoms with Gasteiger partial charge in [0.2, 0.25) is 0 Å². The molecule has 0 aromatic carbocycles. The number of hydrogen-bond donors (Lipinski definition) is 1. The lowest BCUT2D eigenvalue weighted by atomic mass is 10.0. The number of ether oxygens (including phenoxy) is 1. The van der Waals surface area contributed by atoms with Crippen molar-refractivity contribution in [1.82, 2.24) is 4.98 Å². The highest BCUT2D eigenvalue weighted by molar-refractivity contribution is 5.51. The summed E-state index contributed by atoms with van der Waals surface area (Å²) < 4.78 is 5.48. The van der Waals surface area contributed by atoms with E-state index in [0.717, 1.165) is 25.4 Å². The third-order valence-corrected chi connectivity index (χ3v) is 2.99. The molecule has 0 aliphatic carbocycles. The fourth-order valence-electron chi connectivity index (χ4n) is 2.12. The zero-order chi connectivity index (χ0) is 11.4. The molecule has 1 atom stereocenters. The van der Waals surface area contributed by atoms with E-state index in [1.165, 1.54) is 12.8 Å². The summed E-state index contributed by atoms with van der Waals surface area (Å²) in [6, 6.07) is 3.89. The zero-order valence-electron chi connectivity index (χ0n) is 9.72. The lowest BCUT2D eigenvalue weighted by Crippen LogP contribution is -2.30. The first-order valence-electron chi connectivity index (χ1n) is 5.76. The van der Waals surface area contributed by atoms with Crippen molar-refractivity contribution >= 4 is 11.5 Å². The molecule has 1 saturated heterocycles. The molecule has 0 saturated carbocycles. The van der Waals surface area contributed by atoms with Crippen molar-refractivity contribution < 1.29 is 4.74 Å². The van der Waals surface area contributed by atoms with E-state index in [2.05, 4.69) is 16.9 Å². The molecule has 2 rings (SSSR count). The van der Waals surface area contributed by atoms with Crippen LogP contribution in [0.15, 0.2) is 18.3 Å². The van der Waals surface area contributed by atoms with E-state index in [-0.39, 0.29) is 0 Å². The van der Waals surface area contributed by atoms with E-state index in [1.807, 2.05) is 12.1 Å². The Balaban J connectivity index is 1.94. The minimum Gasteiger partial charge on any atom is -0.384 e. The zero-order valence-corrected chi connectivity index (χ0v) is 9.72. The third kappa shape index (κ3) is 2.85. The van der Waals surface area contributed by atoms with Crippen molar-refractivity contribution in [2.75, 3.05) is 37.4 Å². The van der Waals surface area contributed by atoms with E-state index in [4.69, 9.17) is 10.5 Å². The second-order valence-corrected chi connectivity index (χ2v) is 4.40. The first-order valence-corrected chi connectivity index (χ1v) is 5.76. The van der Waals surface area contributed by atoms with Gasteiger partial charge in [0.25, 0.3) is 0 Å². The van der Waals surface area contributed by atoms with Gasteiger partial charge >= 0.3 is 0 Å². The molecule has 2 heterocycles. The van der Waals surface area contributed by atoms with Crippen molar-refractivity contribution in [2.24, 2.45) is 5.92 Å². The van der Waals surface area contributed by atoms with Crippen molar-refractivity contribution in [2.45, 2.75) is 12.8 Å². The van der Waals surface area contributed by atoms with Crippen LogP contribution >= 0.6 is 0 Å². The lowest BCUT2D eigenvalue weighted by molar-refractivity contribution is 0.0576. The van der Waals surface area contributed by atoms with Gasteiger partial charge in [-0.05, 0) is 24.8 Å². The Hall–Kier alpha value is -1.29. The largest absolute Gasteiger partial charge is 0.384 e. The smallest absolute Gasteiger partial charge is 0.125 e. The molecule has 4 nitrogen and oxygen atoms in total. The van der Waals surface area contributed by atoms with Gasteiger partial charge < -0.3 is 15.4 Å². The molecular weight excluding hydrogens is 202 g/mol. The molecule has 0 spiro atoms. The molecule has 4 heteroatoms. The second kappa shape index (κ2) is 5.16. The van der Waals surface area contributed by atoms with Crippen LogP contribution in [0.5, 0.6) is 0 Å². The molecule has 1 aromatic rings. The Labute approximate surface area is 96.4 Å². The van der Waals surface area contributed by atoms with Gasteiger partial charge in [0.1, 0.15) is 5.82 Å². The van der Waals surface area contributed by atoms with Gasteiger partial charge in [-0.15, -0.1) is 0 Å². The normalized spacial score (nSPS) is 20.7. The average molecular weight is 221 g/mol. The molecule has 1 fully saturated rings. The highest BCUT2D eigenvalue weighted by atomic mass is 16.5. The fraction of sp³-hybridized carbons (Fsp3) is 0.583. The number of aromatic nitrogens is 1. The van der Waals surface area contributed by atoms with E-state index in [1.54, 1.807) is 6.20 Å². The van der Waals surface area contributed by atoms with E-state index in [0.29, 0.717) is 11.7 Å². The van der Waals surface area contributed by atoms with Crippen molar-refractivity contribution in [3.8, 4) is 0 Å². The quantitative estimate of drug-likeness (QED) is 0.841. The molecule has 16 heavy (non-hydrogen) atoms. The molecule has 1 aliphatic rings. The molecule has 0 bridgehead atoms. The monoisotopic (exact) mass is 221 g/mol. The number of hydrogen-bond acceptors (Lipinski definition) is 4. The third-order valence-electron chi connectivity index (χ3n) is 2.99. The summed E-state index contributed by atoms with van der Waals surface area (Å²) in [5.74, 6) is 1.21. The molecular formula is C12H19N3O. The van der Waals surface area contributed by atoms with Crippen molar-refractivity contribution in [3.63, 3.8) is 0 Å². The number of nitrogens with zero attached hydrogens (tertiary/aromatic N) is 2. The Bertz CT molecular complexity index is 337. The molecule has 88 valence electrons. The van der Waals surface area contributed by atoms with Gasteiger partial charge in [-0.2, -0.15) is 0 Å². The second-order valence-electron chi connectivity index (χ2n) is 4.40.